The molecule has 8 heteroatoms. The van der Waals surface area contributed by atoms with Crippen molar-refractivity contribution in [3.63, 3.8) is 0 Å². The summed E-state index contributed by atoms with van der Waals surface area (Å²) in [5, 5.41) is 4.07. The molecule has 0 radical (unpaired) electrons. The predicted molar refractivity (Wildman–Crippen MR) is 138 cm³/mol. The standard InChI is InChI=1S/C26H32N4O3S/c1-18(2)22-10-12-24(13-11-22)29(34(6,32)33)17-26(31)28-27-16-23-15-20(4)30(21(23)5)25-9-7-8-19(3)14-25/h7-16,18H,17H2,1-6H3,(H,28,31)/b27-16-. The molecule has 7 nitrogen and oxygen atoms in total. The van der Waals surface area contributed by atoms with Crippen molar-refractivity contribution in [1.29, 1.82) is 0 Å². The molecule has 0 saturated carbocycles. The fourth-order valence-corrected chi connectivity index (χ4v) is 4.70. The zero-order valence-electron chi connectivity index (χ0n) is 20.5. The third-order valence-electron chi connectivity index (χ3n) is 5.66. The number of sulfonamides is 1. The maximum atomic E-state index is 12.5. The number of aryl methyl sites for hydroxylation is 2. The number of hydrogen-bond donors (Lipinski definition) is 1. The Bertz CT molecular complexity index is 1310. The summed E-state index contributed by atoms with van der Waals surface area (Å²) in [5.74, 6) is -0.201. The van der Waals surface area contributed by atoms with Gasteiger partial charge in [0.1, 0.15) is 6.54 Å². The molecule has 1 N–H and O–H groups in total. The molecule has 0 saturated heterocycles. The number of carbonyl (C=O) groups is 1. The Morgan fingerprint density at radius 3 is 2.35 bits per heavy atom. The molecule has 0 bridgehead atoms. The van der Waals surface area contributed by atoms with Gasteiger partial charge in [-0.1, -0.05) is 38.1 Å². The first-order valence-corrected chi connectivity index (χ1v) is 13.0. The molecular formula is C26H32N4O3S. The van der Waals surface area contributed by atoms with Gasteiger partial charge in [-0.15, -0.1) is 0 Å². The quantitative estimate of drug-likeness (QED) is 0.382. The van der Waals surface area contributed by atoms with Crippen LogP contribution >= 0.6 is 0 Å². The van der Waals surface area contributed by atoms with E-state index in [0.717, 1.165) is 38.8 Å². The molecule has 1 amide bonds. The third kappa shape index (κ3) is 5.94. The summed E-state index contributed by atoms with van der Waals surface area (Å²) in [5.41, 5.74) is 9.11. The van der Waals surface area contributed by atoms with Crippen LogP contribution in [-0.4, -0.2) is 37.9 Å². The van der Waals surface area contributed by atoms with Crippen molar-refractivity contribution >= 4 is 27.8 Å². The van der Waals surface area contributed by atoms with Gasteiger partial charge < -0.3 is 4.57 Å². The van der Waals surface area contributed by atoms with Gasteiger partial charge in [0.2, 0.25) is 10.0 Å². The summed E-state index contributed by atoms with van der Waals surface area (Å²) in [6, 6.07) is 17.4. The summed E-state index contributed by atoms with van der Waals surface area (Å²) in [7, 11) is -3.65. The van der Waals surface area contributed by atoms with Crippen LogP contribution in [0.4, 0.5) is 5.69 Å². The van der Waals surface area contributed by atoms with E-state index in [1.807, 2.05) is 57.2 Å². The highest BCUT2D eigenvalue weighted by Gasteiger charge is 2.21. The van der Waals surface area contributed by atoms with Crippen molar-refractivity contribution in [1.82, 2.24) is 9.99 Å². The topological polar surface area (TPSA) is 83.8 Å². The Labute approximate surface area is 202 Å². The largest absolute Gasteiger partial charge is 0.318 e. The van der Waals surface area contributed by atoms with Gasteiger partial charge in [-0.05, 0) is 68.1 Å². The minimum Gasteiger partial charge on any atom is -0.318 e. The van der Waals surface area contributed by atoms with Gasteiger partial charge in [-0.3, -0.25) is 9.10 Å². The van der Waals surface area contributed by atoms with Crippen LogP contribution in [0.15, 0.2) is 59.7 Å². The zero-order chi connectivity index (χ0) is 25.0. The maximum absolute atomic E-state index is 12.5. The van der Waals surface area contributed by atoms with Crippen LogP contribution < -0.4 is 9.73 Å². The Balaban J connectivity index is 1.73. The molecule has 0 fully saturated rings. The summed E-state index contributed by atoms with van der Waals surface area (Å²) < 4.78 is 27.9. The second-order valence-electron chi connectivity index (χ2n) is 8.81. The highest BCUT2D eigenvalue weighted by molar-refractivity contribution is 7.92. The van der Waals surface area contributed by atoms with E-state index in [9.17, 15) is 13.2 Å². The Morgan fingerprint density at radius 2 is 1.76 bits per heavy atom. The molecule has 34 heavy (non-hydrogen) atoms. The summed E-state index contributed by atoms with van der Waals surface area (Å²) in [6.07, 6.45) is 2.66. The van der Waals surface area contributed by atoms with Gasteiger partial charge in [0.25, 0.3) is 5.91 Å². The first-order valence-electron chi connectivity index (χ1n) is 11.1. The predicted octanol–water partition coefficient (Wildman–Crippen LogP) is 4.44. The molecule has 3 rings (SSSR count). The molecular weight excluding hydrogens is 448 g/mol. The second-order valence-corrected chi connectivity index (χ2v) is 10.7. The molecule has 0 aliphatic heterocycles. The molecule has 3 aromatic rings. The van der Waals surface area contributed by atoms with E-state index in [4.69, 9.17) is 0 Å². The normalized spacial score (nSPS) is 11.9. The van der Waals surface area contributed by atoms with Crippen LogP contribution in [0.3, 0.4) is 0 Å². The fraction of sp³-hybridized carbons (Fsp3) is 0.308. The molecule has 2 aromatic carbocycles. The van der Waals surface area contributed by atoms with Crippen LogP contribution in [0, 0.1) is 20.8 Å². The summed E-state index contributed by atoms with van der Waals surface area (Å²) >= 11 is 0. The second kappa shape index (κ2) is 10.3. The van der Waals surface area contributed by atoms with Gasteiger partial charge in [0.15, 0.2) is 0 Å². The fourth-order valence-electron chi connectivity index (χ4n) is 3.85. The number of hydrogen-bond acceptors (Lipinski definition) is 4. The number of hydrazone groups is 1. The van der Waals surface area contributed by atoms with E-state index < -0.39 is 15.9 Å². The number of anilines is 1. The van der Waals surface area contributed by atoms with Gasteiger partial charge in [0, 0.05) is 22.6 Å². The van der Waals surface area contributed by atoms with Gasteiger partial charge in [-0.25, -0.2) is 13.8 Å². The maximum Gasteiger partial charge on any atom is 0.260 e. The van der Waals surface area contributed by atoms with E-state index in [0.29, 0.717) is 11.6 Å². The Hall–Kier alpha value is -3.39. The van der Waals surface area contributed by atoms with Crippen LogP contribution in [0.1, 0.15) is 47.8 Å². The van der Waals surface area contributed by atoms with Crippen molar-refractivity contribution in [2.45, 2.75) is 40.5 Å². The smallest absolute Gasteiger partial charge is 0.260 e. The average Bonchev–Trinajstić information content (AvgIpc) is 3.04. The van der Waals surface area contributed by atoms with Crippen LogP contribution in [0.5, 0.6) is 0 Å². The van der Waals surface area contributed by atoms with Gasteiger partial charge in [-0.2, -0.15) is 5.10 Å². The number of nitrogens with zero attached hydrogens (tertiary/aromatic N) is 3. The third-order valence-corrected chi connectivity index (χ3v) is 6.80. The first-order chi connectivity index (χ1) is 16.0. The molecule has 0 atom stereocenters. The van der Waals surface area contributed by atoms with Crippen molar-refractivity contribution in [2.75, 3.05) is 17.1 Å². The first kappa shape index (κ1) is 25.2. The average molecular weight is 481 g/mol. The van der Waals surface area contributed by atoms with Crippen LogP contribution in [0.2, 0.25) is 0 Å². The molecule has 0 aliphatic rings. The van der Waals surface area contributed by atoms with E-state index in [-0.39, 0.29) is 6.54 Å². The van der Waals surface area contributed by atoms with E-state index in [1.54, 1.807) is 18.3 Å². The lowest BCUT2D eigenvalue weighted by Gasteiger charge is -2.21. The number of amides is 1. The van der Waals surface area contributed by atoms with Crippen LogP contribution in [0.25, 0.3) is 5.69 Å². The lowest BCUT2D eigenvalue weighted by Crippen LogP contribution is -2.39. The lowest BCUT2D eigenvalue weighted by molar-refractivity contribution is -0.119. The number of benzene rings is 2. The Kier molecular flexibility index (Phi) is 7.61. The molecule has 1 heterocycles. The van der Waals surface area contributed by atoms with E-state index >= 15 is 0 Å². The van der Waals surface area contributed by atoms with Crippen molar-refractivity contribution in [2.24, 2.45) is 5.10 Å². The number of nitrogens with one attached hydrogen (secondary N) is 1. The van der Waals surface area contributed by atoms with Crippen LogP contribution in [-0.2, 0) is 14.8 Å². The van der Waals surface area contributed by atoms with E-state index in [1.165, 1.54) is 5.56 Å². The minimum absolute atomic E-state index is 0.325. The zero-order valence-corrected chi connectivity index (χ0v) is 21.3. The van der Waals surface area contributed by atoms with Gasteiger partial charge in [0.05, 0.1) is 18.2 Å². The summed E-state index contributed by atoms with van der Waals surface area (Å²) in [6.45, 7) is 9.82. The number of carbonyl (C=O) groups excluding carboxylic acids is 1. The number of aromatic nitrogens is 1. The van der Waals surface area contributed by atoms with Gasteiger partial charge >= 0.3 is 0 Å². The SMILES string of the molecule is Cc1cccc(-n2c(C)cc(/C=N\NC(=O)CN(c3ccc(C(C)C)cc3)S(C)(=O)=O)c2C)c1. The lowest BCUT2D eigenvalue weighted by atomic mass is 10.0. The van der Waals surface area contributed by atoms with Crippen molar-refractivity contribution in [3.8, 4) is 5.69 Å². The highest BCUT2D eigenvalue weighted by Crippen LogP contribution is 2.22. The molecule has 0 unspecified atom stereocenters. The monoisotopic (exact) mass is 480 g/mol. The van der Waals surface area contributed by atoms with E-state index in [2.05, 4.69) is 35.0 Å². The Morgan fingerprint density at radius 1 is 1.09 bits per heavy atom. The summed E-state index contributed by atoms with van der Waals surface area (Å²) in [4.78, 5) is 12.5. The number of rotatable bonds is 8. The molecule has 180 valence electrons. The highest BCUT2D eigenvalue weighted by atomic mass is 32.2. The molecule has 0 spiro atoms. The van der Waals surface area contributed by atoms with Crippen molar-refractivity contribution in [3.05, 3.63) is 82.7 Å². The molecule has 1 aromatic heterocycles. The van der Waals surface area contributed by atoms with Crippen molar-refractivity contribution < 1.29 is 13.2 Å². The minimum atomic E-state index is -3.65. The molecule has 0 aliphatic carbocycles.